The first-order chi connectivity index (χ1) is 15.4. The lowest BCUT2D eigenvalue weighted by Gasteiger charge is -2.31. The van der Waals surface area contributed by atoms with Crippen LogP contribution in [0.1, 0.15) is 40.2 Å². The third-order valence-electron chi connectivity index (χ3n) is 5.76. The average molecular weight is 433 g/mol. The van der Waals surface area contributed by atoms with Crippen LogP contribution in [-0.4, -0.2) is 44.6 Å². The fourth-order valence-corrected chi connectivity index (χ4v) is 4.09. The van der Waals surface area contributed by atoms with E-state index in [-0.39, 0.29) is 17.7 Å². The maximum Gasteiger partial charge on any atom is 0.257 e. The lowest BCUT2D eigenvalue weighted by Crippen LogP contribution is -2.40. The molecule has 32 heavy (non-hydrogen) atoms. The highest BCUT2D eigenvalue weighted by Crippen LogP contribution is 2.19. The minimum Gasteiger partial charge on any atom is -0.369 e. The third-order valence-corrected chi connectivity index (χ3v) is 5.76. The van der Waals surface area contributed by atoms with Crippen molar-refractivity contribution in [2.45, 2.75) is 33.2 Å². The van der Waals surface area contributed by atoms with Gasteiger partial charge in [0.25, 0.3) is 5.91 Å². The molecule has 3 N–H and O–H groups in total. The number of benzene rings is 1. The monoisotopic (exact) mass is 432 g/mol. The number of aryl methyl sites for hydroxylation is 2. The molecule has 0 bridgehead atoms. The maximum absolute atomic E-state index is 12.6. The summed E-state index contributed by atoms with van der Waals surface area (Å²) in [5, 5.41) is 7.32. The highest BCUT2D eigenvalue weighted by atomic mass is 16.2. The van der Waals surface area contributed by atoms with Gasteiger partial charge in [0.2, 0.25) is 5.91 Å². The van der Waals surface area contributed by atoms with Crippen molar-refractivity contribution in [2.75, 3.05) is 18.4 Å². The molecular weight excluding hydrogens is 404 g/mol. The predicted molar refractivity (Wildman–Crippen MR) is 122 cm³/mol. The van der Waals surface area contributed by atoms with Crippen molar-refractivity contribution in [3.8, 4) is 5.82 Å². The number of nitrogens with two attached hydrogens (primary N) is 1. The van der Waals surface area contributed by atoms with E-state index in [9.17, 15) is 9.59 Å². The van der Waals surface area contributed by atoms with Gasteiger partial charge in [0, 0.05) is 30.7 Å². The zero-order valence-corrected chi connectivity index (χ0v) is 18.4. The number of nitrogens with one attached hydrogen (secondary N) is 1. The normalized spacial score (nSPS) is 16.6. The lowest BCUT2D eigenvalue weighted by molar-refractivity contribution is -0.123. The average Bonchev–Trinajstić information content (AvgIpc) is 3.13. The molecule has 3 aromatic rings. The van der Waals surface area contributed by atoms with Crippen molar-refractivity contribution in [2.24, 2.45) is 11.7 Å². The van der Waals surface area contributed by atoms with Crippen LogP contribution >= 0.6 is 0 Å². The number of hydrogen-bond donors (Lipinski definition) is 2. The Morgan fingerprint density at radius 1 is 1.16 bits per heavy atom. The first kappa shape index (κ1) is 21.7. The molecule has 1 fully saturated rings. The molecule has 8 nitrogen and oxygen atoms in total. The second kappa shape index (κ2) is 9.32. The summed E-state index contributed by atoms with van der Waals surface area (Å²) in [5.74, 6) is 0.173. The van der Waals surface area contributed by atoms with Crippen LogP contribution in [0.5, 0.6) is 0 Å². The molecule has 0 radical (unpaired) electrons. The first-order valence-corrected chi connectivity index (χ1v) is 10.8. The number of anilines is 1. The molecule has 2 aromatic heterocycles. The van der Waals surface area contributed by atoms with Crippen LogP contribution < -0.4 is 11.1 Å². The smallest absolute Gasteiger partial charge is 0.257 e. The molecule has 0 saturated carbocycles. The number of aromatic nitrogens is 3. The zero-order valence-electron chi connectivity index (χ0n) is 18.4. The Morgan fingerprint density at radius 3 is 2.56 bits per heavy atom. The topological polar surface area (TPSA) is 106 Å². The Hall–Kier alpha value is -3.52. The fourth-order valence-electron chi connectivity index (χ4n) is 4.09. The number of pyridine rings is 1. The minimum absolute atomic E-state index is 0.0662. The van der Waals surface area contributed by atoms with E-state index in [1.165, 1.54) is 0 Å². The summed E-state index contributed by atoms with van der Waals surface area (Å²) in [4.78, 5) is 30.7. The van der Waals surface area contributed by atoms with Crippen LogP contribution in [-0.2, 0) is 11.3 Å². The van der Waals surface area contributed by atoms with Crippen molar-refractivity contribution in [3.63, 3.8) is 0 Å². The van der Waals surface area contributed by atoms with Gasteiger partial charge in [-0.15, -0.1) is 0 Å². The van der Waals surface area contributed by atoms with Gasteiger partial charge in [0.1, 0.15) is 0 Å². The van der Waals surface area contributed by atoms with E-state index >= 15 is 0 Å². The molecule has 8 heteroatoms. The summed E-state index contributed by atoms with van der Waals surface area (Å²) in [5.41, 5.74) is 9.70. The van der Waals surface area contributed by atoms with E-state index in [1.807, 2.05) is 44.2 Å². The van der Waals surface area contributed by atoms with Gasteiger partial charge in [0.15, 0.2) is 5.82 Å². The first-order valence-electron chi connectivity index (χ1n) is 10.8. The number of nitrogens with zero attached hydrogens (tertiary/aromatic N) is 4. The number of carbonyl (C=O) groups is 2. The fraction of sp³-hybridized carbons (Fsp3) is 0.333. The van der Waals surface area contributed by atoms with E-state index in [4.69, 9.17) is 5.73 Å². The number of piperidine rings is 1. The Balaban J connectivity index is 1.35. The van der Waals surface area contributed by atoms with Gasteiger partial charge >= 0.3 is 0 Å². The molecular formula is C24H28N6O2. The lowest BCUT2D eigenvalue weighted by atomic mass is 9.97. The predicted octanol–water partition coefficient (Wildman–Crippen LogP) is 2.83. The standard InChI is InChI=1S/C24H28N6O2/c1-16-12-17(2)30(28-16)22-10-7-19(13-26-22)24(32)27-21-8-5-18(6-9-21)14-29-11-3-4-20(15-29)23(25)31/h5-10,12-13,20H,3-4,11,14-15H2,1-2H3,(H2,25,31)(H,27,32). The van der Waals surface area contributed by atoms with E-state index < -0.39 is 0 Å². The second-order valence-electron chi connectivity index (χ2n) is 8.37. The Kier molecular flexibility index (Phi) is 6.32. The SMILES string of the molecule is Cc1cc(C)n(-c2ccc(C(=O)Nc3ccc(CN4CCCC(C(N)=O)C4)cc3)cn2)n1. The largest absolute Gasteiger partial charge is 0.369 e. The molecule has 166 valence electrons. The Morgan fingerprint density at radius 2 is 1.94 bits per heavy atom. The van der Waals surface area contributed by atoms with E-state index in [0.29, 0.717) is 17.9 Å². The molecule has 1 unspecified atom stereocenters. The van der Waals surface area contributed by atoms with E-state index in [0.717, 1.165) is 48.6 Å². The van der Waals surface area contributed by atoms with Crippen LogP contribution in [0, 0.1) is 19.8 Å². The van der Waals surface area contributed by atoms with Gasteiger partial charge in [-0.3, -0.25) is 14.5 Å². The summed E-state index contributed by atoms with van der Waals surface area (Å²) in [7, 11) is 0. The van der Waals surface area contributed by atoms with Gasteiger partial charge in [-0.25, -0.2) is 9.67 Å². The summed E-state index contributed by atoms with van der Waals surface area (Å²) in [6.45, 7) is 6.32. The van der Waals surface area contributed by atoms with Gasteiger partial charge in [-0.05, 0) is 69.1 Å². The number of carbonyl (C=O) groups excluding carboxylic acids is 2. The zero-order chi connectivity index (χ0) is 22.7. The molecule has 3 heterocycles. The summed E-state index contributed by atoms with van der Waals surface area (Å²) >= 11 is 0. The van der Waals surface area contributed by atoms with Crippen molar-refractivity contribution in [1.82, 2.24) is 19.7 Å². The molecule has 4 rings (SSSR count). The minimum atomic E-state index is -0.217. The van der Waals surface area contributed by atoms with Crippen LogP contribution in [0.2, 0.25) is 0 Å². The van der Waals surface area contributed by atoms with Crippen molar-refractivity contribution in [1.29, 1.82) is 0 Å². The molecule has 1 atom stereocenters. The number of hydrogen-bond acceptors (Lipinski definition) is 5. The van der Waals surface area contributed by atoms with Crippen LogP contribution in [0.15, 0.2) is 48.7 Å². The summed E-state index contributed by atoms with van der Waals surface area (Å²) in [6.07, 6.45) is 3.41. The Bertz CT molecular complexity index is 1100. The molecule has 1 saturated heterocycles. The number of rotatable bonds is 6. The molecule has 2 amide bonds. The van der Waals surface area contributed by atoms with Crippen molar-refractivity contribution >= 4 is 17.5 Å². The Labute approximate surface area is 187 Å². The van der Waals surface area contributed by atoms with Gasteiger partial charge in [-0.2, -0.15) is 5.10 Å². The number of primary amides is 1. The van der Waals surface area contributed by atoms with Gasteiger partial charge in [-0.1, -0.05) is 12.1 Å². The molecule has 1 aromatic carbocycles. The number of likely N-dealkylation sites (tertiary alicyclic amines) is 1. The number of amides is 2. The molecule has 1 aliphatic rings. The van der Waals surface area contributed by atoms with Crippen LogP contribution in [0.25, 0.3) is 5.82 Å². The molecule has 1 aliphatic heterocycles. The van der Waals surface area contributed by atoms with Crippen molar-refractivity contribution < 1.29 is 9.59 Å². The van der Waals surface area contributed by atoms with Crippen LogP contribution in [0.3, 0.4) is 0 Å². The summed E-state index contributed by atoms with van der Waals surface area (Å²) < 4.78 is 1.75. The van der Waals surface area contributed by atoms with Crippen molar-refractivity contribution in [3.05, 3.63) is 71.2 Å². The summed E-state index contributed by atoms with van der Waals surface area (Å²) in [6, 6.07) is 13.3. The molecule has 0 spiro atoms. The maximum atomic E-state index is 12.6. The van der Waals surface area contributed by atoms with Crippen LogP contribution in [0.4, 0.5) is 5.69 Å². The highest BCUT2D eigenvalue weighted by Gasteiger charge is 2.23. The van der Waals surface area contributed by atoms with E-state index in [1.54, 1.807) is 23.0 Å². The van der Waals surface area contributed by atoms with Gasteiger partial charge in [0.05, 0.1) is 17.2 Å². The van der Waals surface area contributed by atoms with E-state index in [2.05, 4.69) is 20.3 Å². The second-order valence-corrected chi connectivity index (χ2v) is 8.37. The highest BCUT2D eigenvalue weighted by molar-refractivity contribution is 6.04. The quantitative estimate of drug-likeness (QED) is 0.623. The molecule has 0 aliphatic carbocycles. The van der Waals surface area contributed by atoms with Gasteiger partial charge < -0.3 is 11.1 Å². The third kappa shape index (κ3) is 5.03.